The van der Waals surface area contributed by atoms with Crippen molar-refractivity contribution in [2.75, 3.05) is 39.3 Å². The predicted molar refractivity (Wildman–Crippen MR) is 107 cm³/mol. The van der Waals surface area contributed by atoms with E-state index in [1.165, 1.54) is 5.56 Å². The van der Waals surface area contributed by atoms with E-state index >= 15 is 0 Å². The van der Waals surface area contributed by atoms with E-state index in [1.54, 1.807) is 4.90 Å². The van der Waals surface area contributed by atoms with Crippen LogP contribution >= 0.6 is 0 Å². The molecule has 1 aliphatic rings. The van der Waals surface area contributed by atoms with Gasteiger partial charge in [-0.25, -0.2) is 4.79 Å². The fourth-order valence-electron chi connectivity index (χ4n) is 2.98. The van der Waals surface area contributed by atoms with Gasteiger partial charge < -0.3 is 15.0 Å². The smallest absolute Gasteiger partial charge is 0.410 e. The molecule has 0 radical (unpaired) electrons. The lowest BCUT2D eigenvalue weighted by Gasteiger charge is -2.35. The molecule has 1 heterocycles. The number of ether oxygens (including phenoxy) is 1. The Hall–Kier alpha value is -2.08. The van der Waals surface area contributed by atoms with Crippen molar-refractivity contribution in [3.63, 3.8) is 0 Å². The average Bonchev–Trinajstić information content (AvgIpc) is 2.64. The lowest BCUT2D eigenvalue weighted by molar-refractivity contribution is 0.0144. The molecule has 150 valence electrons. The number of carbonyl (C=O) groups is 2. The number of amides is 2. The molecule has 0 unspecified atom stereocenters. The fraction of sp³-hybridized carbons (Fsp3) is 0.619. The highest BCUT2D eigenvalue weighted by molar-refractivity contribution is 5.94. The molecule has 0 aromatic heterocycles. The van der Waals surface area contributed by atoms with Gasteiger partial charge in [0.25, 0.3) is 5.91 Å². The summed E-state index contributed by atoms with van der Waals surface area (Å²) in [5.74, 6) is -0.0209. The summed E-state index contributed by atoms with van der Waals surface area (Å²) in [6, 6.07) is 7.76. The molecule has 0 atom stereocenters. The molecule has 2 amide bonds. The summed E-state index contributed by atoms with van der Waals surface area (Å²) < 4.78 is 5.41. The molecule has 6 nitrogen and oxygen atoms in total. The van der Waals surface area contributed by atoms with Gasteiger partial charge in [0.05, 0.1) is 0 Å². The zero-order valence-electron chi connectivity index (χ0n) is 17.1. The maximum absolute atomic E-state index is 12.1. The summed E-state index contributed by atoms with van der Waals surface area (Å²) in [5.41, 5.74) is 1.48. The summed E-state index contributed by atoms with van der Waals surface area (Å²) in [6.45, 7) is 12.4. The molecule has 1 N–H and O–H groups in total. The molecule has 27 heavy (non-hydrogen) atoms. The zero-order valence-corrected chi connectivity index (χ0v) is 17.1. The zero-order chi connectivity index (χ0) is 19.9. The number of nitrogens with one attached hydrogen (secondary N) is 1. The maximum Gasteiger partial charge on any atom is 0.410 e. The maximum atomic E-state index is 12.1. The van der Waals surface area contributed by atoms with Gasteiger partial charge in [0.2, 0.25) is 0 Å². The topological polar surface area (TPSA) is 61.9 Å². The molecule has 0 saturated carbocycles. The number of carbonyl (C=O) groups excluding carboxylic acids is 2. The van der Waals surface area contributed by atoms with Crippen LogP contribution in [0, 0.1) is 0 Å². The Morgan fingerprint density at radius 2 is 1.70 bits per heavy atom. The third-order valence-corrected chi connectivity index (χ3v) is 4.59. The first-order valence-electron chi connectivity index (χ1n) is 9.86. The van der Waals surface area contributed by atoms with Gasteiger partial charge in [0.1, 0.15) is 5.60 Å². The van der Waals surface area contributed by atoms with Gasteiger partial charge in [-0.1, -0.05) is 19.1 Å². The number of hydrogen-bond donors (Lipinski definition) is 1. The Kier molecular flexibility index (Phi) is 7.66. The first kappa shape index (κ1) is 21.2. The van der Waals surface area contributed by atoms with E-state index in [0.29, 0.717) is 25.2 Å². The van der Waals surface area contributed by atoms with Gasteiger partial charge in [0, 0.05) is 38.3 Å². The molecule has 1 aromatic carbocycles. The van der Waals surface area contributed by atoms with Crippen molar-refractivity contribution >= 4 is 12.0 Å². The van der Waals surface area contributed by atoms with Crippen LogP contribution in [-0.4, -0.2) is 66.7 Å². The largest absolute Gasteiger partial charge is 0.444 e. The van der Waals surface area contributed by atoms with E-state index in [0.717, 1.165) is 32.5 Å². The second-order valence-electron chi connectivity index (χ2n) is 7.97. The van der Waals surface area contributed by atoms with Crippen LogP contribution in [0.2, 0.25) is 0 Å². The summed E-state index contributed by atoms with van der Waals surface area (Å²) >= 11 is 0. The minimum atomic E-state index is -0.455. The quantitative estimate of drug-likeness (QED) is 0.777. The van der Waals surface area contributed by atoms with Crippen molar-refractivity contribution in [2.24, 2.45) is 0 Å². The van der Waals surface area contributed by atoms with Crippen molar-refractivity contribution in [2.45, 2.75) is 46.1 Å². The predicted octanol–water partition coefficient (Wildman–Crippen LogP) is 2.92. The molecule has 2 rings (SSSR count). The van der Waals surface area contributed by atoms with Crippen LogP contribution < -0.4 is 5.32 Å². The lowest BCUT2D eigenvalue weighted by Crippen LogP contribution is -2.50. The Morgan fingerprint density at radius 1 is 1.07 bits per heavy atom. The highest BCUT2D eigenvalue weighted by Gasteiger charge is 2.25. The van der Waals surface area contributed by atoms with Crippen molar-refractivity contribution in [3.05, 3.63) is 35.4 Å². The number of nitrogens with zero attached hydrogens (tertiary/aromatic N) is 2. The normalized spacial score (nSPS) is 15.5. The molecule has 1 saturated heterocycles. The minimum absolute atomic E-state index is 0.0209. The molecule has 0 aliphatic carbocycles. The van der Waals surface area contributed by atoms with E-state index in [2.05, 4.69) is 17.1 Å². The Bertz CT molecular complexity index is 615. The van der Waals surface area contributed by atoms with Crippen LogP contribution in [0.4, 0.5) is 4.79 Å². The van der Waals surface area contributed by atoms with Crippen LogP contribution in [0.1, 0.15) is 50.0 Å². The third kappa shape index (κ3) is 7.21. The Morgan fingerprint density at radius 3 is 2.26 bits per heavy atom. The Labute approximate surface area is 162 Å². The van der Waals surface area contributed by atoms with Gasteiger partial charge in [0.15, 0.2) is 0 Å². The van der Waals surface area contributed by atoms with E-state index in [1.807, 2.05) is 45.0 Å². The number of piperazine rings is 1. The van der Waals surface area contributed by atoms with Crippen LogP contribution in [0.5, 0.6) is 0 Å². The second-order valence-corrected chi connectivity index (χ2v) is 7.97. The molecule has 0 spiro atoms. The van der Waals surface area contributed by atoms with Crippen LogP contribution in [0.25, 0.3) is 0 Å². The number of benzene rings is 1. The number of rotatable bonds is 6. The molecule has 1 aliphatic heterocycles. The minimum Gasteiger partial charge on any atom is -0.444 e. The number of aryl methyl sites for hydroxylation is 1. The highest BCUT2D eigenvalue weighted by Crippen LogP contribution is 2.12. The SMILES string of the molecule is CCc1ccc(C(=O)NCCCN2CCN(C(=O)OC(C)(C)C)CC2)cc1. The molecular weight excluding hydrogens is 342 g/mol. The van der Waals surface area contributed by atoms with Crippen molar-refractivity contribution in [1.29, 1.82) is 0 Å². The molecule has 6 heteroatoms. The Balaban J connectivity index is 1.62. The standard InChI is InChI=1S/C21H33N3O3/c1-5-17-7-9-18(10-8-17)19(25)22-11-6-12-23-13-15-24(16-14-23)20(26)27-21(2,3)4/h7-10H,5-6,11-16H2,1-4H3,(H,22,25). The first-order chi connectivity index (χ1) is 12.8. The van der Waals surface area contributed by atoms with Gasteiger partial charge in [-0.2, -0.15) is 0 Å². The monoisotopic (exact) mass is 375 g/mol. The molecular formula is C21H33N3O3. The molecule has 1 aromatic rings. The summed E-state index contributed by atoms with van der Waals surface area (Å²) in [7, 11) is 0. The second kappa shape index (κ2) is 9.74. The summed E-state index contributed by atoms with van der Waals surface area (Å²) in [4.78, 5) is 28.3. The average molecular weight is 376 g/mol. The number of hydrogen-bond acceptors (Lipinski definition) is 4. The van der Waals surface area contributed by atoms with E-state index in [-0.39, 0.29) is 12.0 Å². The molecule has 0 bridgehead atoms. The van der Waals surface area contributed by atoms with Crippen LogP contribution in [0.15, 0.2) is 24.3 Å². The molecule has 1 fully saturated rings. The van der Waals surface area contributed by atoms with E-state index < -0.39 is 5.60 Å². The van der Waals surface area contributed by atoms with Crippen molar-refractivity contribution in [3.8, 4) is 0 Å². The van der Waals surface area contributed by atoms with Crippen LogP contribution in [-0.2, 0) is 11.2 Å². The van der Waals surface area contributed by atoms with Gasteiger partial charge in [-0.15, -0.1) is 0 Å². The van der Waals surface area contributed by atoms with E-state index in [9.17, 15) is 9.59 Å². The third-order valence-electron chi connectivity index (χ3n) is 4.59. The van der Waals surface area contributed by atoms with Crippen molar-refractivity contribution < 1.29 is 14.3 Å². The highest BCUT2D eigenvalue weighted by atomic mass is 16.6. The van der Waals surface area contributed by atoms with Crippen LogP contribution in [0.3, 0.4) is 0 Å². The van der Waals surface area contributed by atoms with Gasteiger partial charge >= 0.3 is 6.09 Å². The van der Waals surface area contributed by atoms with Gasteiger partial charge in [-0.3, -0.25) is 9.69 Å². The first-order valence-corrected chi connectivity index (χ1v) is 9.86. The lowest BCUT2D eigenvalue weighted by atomic mass is 10.1. The van der Waals surface area contributed by atoms with Crippen molar-refractivity contribution in [1.82, 2.24) is 15.1 Å². The van der Waals surface area contributed by atoms with Gasteiger partial charge in [-0.05, 0) is 57.9 Å². The van der Waals surface area contributed by atoms with E-state index in [4.69, 9.17) is 4.74 Å². The summed E-state index contributed by atoms with van der Waals surface area (Å²) in [6.07, 6.45) is 1.64. The fourth-order valence-corrected chi connectivity index (χ4v) is 2.98. The summed E-state index contributed by atoms with van der Waals surface area (Å²) in [5, 5.41) is 2.98.